The number of benzene rings is 1. The standard InChI is InChI=1S/C16H16N2O/c17-8-11-5-15(10-18-9-11)13-1-2-14-7-16(19)4-3-12(14)6-13/h1-2,5-6,9-10H,3-4,7-8,17H2. The quantitative estimate of drug-likeness (QED) is 0.892. The van der Waals surface area contributed by atoms with Crippen LogP contribution in [0.5, 0.6) is 0 Å². The van der Waals surface area contributed by atoms with Crippen LogP contribution in [-0.2, 0) is 24.2 Å². The molecular formula is C16H16N2O. The molecule has 96 valence electrons. The number of hydrogen-bond donors (Lipinski definition) is 1. The Morgan fingerprint density at radius 1 is 1.05 bits per heavy atom. The maximum absolute atomic E-state index is 11.4. The lowest BCUT2D eigenvalue weighted by Crippen LogP contribution is -2.13. The topological polar surface area (TPSA) is 56.0 Å². The smallest absolute Gasteiger partial charge is 0.137 e. The van der Waals surface area contributed by atoms with Crippen molar-refractivity contribution in [2.24, 2.45) is 5.73 Å². The molecule has 0 atom stereocenters. The zero-order chi connectivity index (χ0) is 13.2. The first kappa shape index (κ1) is 12.1. The summed E-state index contributed by atoms with van der Waals surface area (Å²) in [5, 5.41) is 0. The number of Topliss-reactive ketones (excluding diaryl/α,β-unsaturated/α-hetero) is 1. The SMILES string of the molecule is NCc1cncc(-c2ccc3c(c2)CCC(=O)C3)c1. The van der Waals surface area contributed by atoms with Crippen LogP contribution in [0, 0.1) is 0 Å². The summed E-state index contributed by atoms with van der Waals surface area (Å²) < 4.78 is 0. The molecule has 0 saturated carbocycles. The van der Waals surface area contributed by atoms with Crippen molar-refractivity contribution in [2.75, 3.05) is 0 Å². The van der Waals surface area contributed by atoms with Crippen LogP contribution in [0.4, 0.5) is 0 Å². The molecule has 0 aliphatic heterocycles. The molecule has 2 aromatic rings. The molecule has 3 rings (SSSR count). The number of pyridine rings is 1. The Kier molecular flexibility index (Phi) is 3.13. The van der Waals surface area contributed by atoms with Gasteiger partial charge in [-0.25, -0.2) is 0 Å². The number of fused-ring (bicyclic) bond motifs is 1. The number of rotatable bonds is 2. The summed E-state index contributed by atoms with van der Waals surface area (Å²) in [6.45, 7) is 0.500. The molecule has 1 aliphatic carbocycles. The summed E-state index contributed by atoms with van der Waals surface area (Å²) in [6, 6.07) is 8.38. The second kappa shape index (κ2) is 4.94. The summed E-state index contributed by atoms with van der Waals surface area (Å²) in [7, 11) is 0. The summed E-state index contributed by atoms with van der Waals surface area (Å²) in [6.07, 6.45) is 5.75. The number of aryl methyl sites for hydroxylation is 1. The average molecular weight is 252 g/mol. The second-order valence-electron chi connectivity index (χ2n) is 4.98. The molecule has 0 saturated heterocycles. The van der Waals surface area contributed by atoms with E-state index < -0.39 is 0 Å². The molecule has 19 heavy (non-hydrogen) atoms. The Balaban J connectivity index is 1.99. The number of carbonyl (C=O) groups excluding carboxylic acids is 1. The van der Waals surface area contributed by atoms with E-state index in [1.807, 2.05) is 6.20 Å². The lowest BCUT2D eigenvalue weighted by molar-refractivity contribution is -0.118. The fraction of sp³-hybridized carbons (Fsp3) is 0.250. The first-order chi connectivity index (χ1) is 9.26. The third-order valence-electron chi connectivity index (χ3n) is 3.63. The Hall–Kier alpha value is -2.00. The minimum atomic E-state index is 0.340. The average Bonchev–Trinajstić information content (AvgIpc) is 2.46. The van der Waals surface area contributed by atoms with Crippen LogP contribution in [0.1, 0.15) is 23.1 Å². The minimum absolute atomic E-state index is 0.340. The van der Waals surface area contributed by atoms with E-state index in [0.29, 0.717) is 25.2 Å². The van der Waals surface area contributed by atoms with Gasteiger partial charge in [0.2, 0.25) is 0 Å². The lowest BCUT2D eigenvalue weighted by atomic mass is 9.88. The predicted octanol–water partition coefficient (Wildman–Crippen LogP) is 2.27. The van der Waals surface area contributed by atoms with Crippen LogP contribution in [0.2, 0.25) is 0 Å². The van der Waals surface area contributed by atoms with Gasteiger partial charge in [-0.1, -0.05) is 18.2 Å². The molecule has 3 heteroatoms. The van der Waals surface area contributed by atoms with Gasteiger partial charge in [0, 0.05) is 37.3 Å². The molecule has 1 aromatic heterocycles. The van der Waals surface area contributed by atoms with Gasteiger partial charge in [0.1, 0.15) is 5.78 Å². The Labute approximate surface area is 112 Å². The first-order valence-corrected chi connectivity index (χ1v) is 6.54. The maximum atomic E-state index is 11.4. The summed E-state index contributed by atoms with van der Waals surface area (Å²) in [5.41, 5.74) is 11.4. The largest absolute Gasteiger partial charge is 0.326 e. The van der Waals surface area contributed by atoms with Gasteiger partial charge in [-0.15, -0.1) is 0 Å². The molecule has 2 N–H and O–H groups in total. The van der Waals surface area contributed by atoms with Gasteiger partial charge in [-0.2, -0.15) is 0 Å². The molecule has 3 nitrogen and oxygen atoms in total. The number of hydrogen-bond acceptors (Lipinski definition) is 3. The molecule has 1 aromatic carbocycles. The van der Waals surface area contributed by atoms with Gasteiger partial charge in [-0.3, -0.25) is 9.78 Å². The van der Waals surface area contributed by atoms with E-state index in [2.05, 4.69) is 29.2 Å². The third-order valence-corrected chi connectivity index (χ3v) is 3.63. The number of ketones is 1. The number of nitrogens with zero attached hydrogens (tertiary/aromatic N) is 1. The lowest BCUT2D eigenvalue weighted by Gasteiger charge is -2.16. The van der Waals surface area contributed by atoms with Crippen LogP contribution in [0.25, 0.3) is 11.1 Å². The highest BCUT2D eigenvalue weighted by atomic mass is 16.1. The van der Waals surface area contributed by atoms with Gasteiger partial charge in [0.05, 0.1) is 0 Å². The number of carbonyl (C=O) groups is 1. The van der Waals surface area contributed by atoms with Crippen molar-refractivity contribution in [1.82, 2.24) is 4.98 Å². The fourth-order valence-corrected chi connectivity index (χ4v) is 2.54. The monoisotopic (exact) mass is 252 g/mol. The van der Waals surface area contributed by atoms with Crippen molar-refractivity contribution in [3.63, 3.8) is 0 Å². The van der Waals surface area contributed by atoms with Gasteiger partial charge < -0.3 is 5.73 Å². The molecular weight excluding hydrogens is 236 g/mol. The highest BCUT2D eigenvalue weighted by Crippen LogP contribution is 2.26. The van der Waals surface area contributed by atoms with Crippen LogP contribution >= 0.6 is 0 Å². The van der Waals surface area contributed by atoms with Crippen molar-refractivity contribution in [2.45, 2.75) is 25.8 Å². The van der Waals surface area contributed by atoms with Crippen molar-refractivity contribution < 1.29 is 4.79 Å². The molecule has 0 fully saturated rings. The predicted molar refractivity (Wildman–Crippen MR) is 74.6 cm³/mol. The second-order valence-corrected chi connectivity index (χ2v) is 4.98. The number of aromatic nitrogens is 1. The van der Waals surface area contributed by atoms with Gasteiger partial charge >= 0.3 is 0 Å². The molecule has 1 aliphatic rings. The summed E-state index contributed by atoms with van der Waals surface area (Å²) >= 11 is 0. The highest BCUT2D eigenvalue weighted by Gasteiger charge is 2.15. The molecule has 0 amide bonds. The van der Waals surface area contributed by atoms with E-state index in [1.165, 1.54) is 11.1 Å². The van der Waals surface area contributed by atoms with E-state index in [0.717, 1.165) is 23.1 Å². The Morgan fingerprint density at radius 2 is 1.95 bits per heavy atom. The summed E-state index contributed by atoms with van der Waals surface area (Å²) in [4.78, 5) is 15.7. The highest BCUT2D eigenvalue weighted by molar-refractivity contribution is 5.83. The third kappa shape index (κ3) is 2.42. The zero-order valence-electron chi connectivity index (χ0n) is 10.7. The van der Waals surface area contributed by atoms with Crippen LogP contribution in [0.3, 0.4) is 0 Å². The molecule has 0 spiro atoms. The van der Waals surface area contributed by atoms with E-state index >= 15 is 0 Å². The van der Waals surface area contributed by atoms with Crippen LogP contribution < -0.4 is 5.73 Å². The Morgan fingerprint density at radius 3 is 2.79 bits per heavy atom. The van der Waals surface area contributed by atoms with E-state index in [4.69, 9.17) is 5.73 Å². The van der Waals surface area contributed by atoms with Gasteiger partial charge in [-0.05, 0) is 34.7 Å². The minimum Gasteiger partial charge on any atom is -0.326 e. The van der Waals surface area contributed by atoms with Crippen LogP contribution in [-0.4, -0.2) is 10.8 Å². The van der Waals surface area contributed by atoms with E-state index in [-0.39, 0.29) is 0 Å². The Bertz CT molecular complexity index is 634. The normalized spacial score (nSPS) is 14.3. The van der Waals surface area contributed by atoms with Crippen molar-refractivity contribution in [3.05, 3.63) is 53.3 Å². The maximum Gasteiger partial charge on any atom is 0.137 e. The molecule has 1 heterocycles. The van der Waals surface area contributed by atoms with Gasteiger partial charge in [0.25, 0.3) is 0 Å². The zero-order valence-corrected chi connectivity index (χ0v) is 10.7. The fourth-order valence-electron chi connectivity index (χ4n) is 2.54. The molecule has 0 bridgehead atoms. The van der Waals surface area contributed by atoms with Crippen LogP contribution in [0.15, 0.2) is 36.7 Å². The van der Waals surface area contributed by atoms with Crippen molar-refractivity contribution >= 4 is 5.78 Å². The molecule has 0 unspecified atom stereocenters. The van der Waals surface area contributed by atoms with Crippen molar-refractivity contribution in [1.29, 1.82) is 0 Å². The van der Waals surface area contributed by atoms with Gasteiger partial charge in [0.15, 0.2) is 0 Å². The molecule has 0 radical (unpaired) electrons. The first-order valence-electron chi connectivity index (χ1n) is 6.54. The van der Waals surface area contributed by atoms with E-state index in [9.17, 15) is 4.79 Å². The number of nitrogens with two attached hydrogens (primary N) is 1. The summed E-state index contributed by atoms with van der Waals surface area (Å²) in [5.74, 6) is 0.340. The van der Waals surface area contributed by atoms with Crippen molar-refractivity contribution in [3.8, 4) is 11.1 Å². The van der Waals surface area contributed by atoms with E-state index in [1.54, 1.807) is 6.20 Å².